The number of aromatic nitrogens is 1. The predicted molar refractivity (Wildman–Crippen MR) is 85.6 cm³/mol. The summed E-state index contributed by atoms with van der Waals surface area (Å²) in [6.07, 6.45) is 2.01. The Morgan fingerprint density at radius 3 is 2.43 bits per heavy atom. The van der Waals surface area contributed by atoms with Crippen molar-refractivity contribution in [1.29, 1.82) is 5.26 Å². The number of nitriles is 1. The second-order valence-electron chi connectivity index (χ2n) is 6.55. The molecule has 0 spiro atoms. The van der Waals surface area contributed by atoms with Crippen LogP contribution in [0.25, 0.3) is 0 Å². The number of hydrogen-bond donors (Lipinski definition) is 1. The van der Waals surface area contributed by atoms with Crippen LogP contribution in [-0.4, -0.2) is 4.57 Å². The Bertz CT molecular complexity index is 627. The summed E-state index contributed by atoms with van der Waals surface area (Å²) in [7, 11) is 1.90. The zero-order valence-electron chi connectivity index (χ0n) is 13.2. The topological polar surface area (TPSA) is 40.8 Å². The van der Waals surface area contributed by atoms with Crippen LogP contribution in [0.3, 0.4) is 0 Å². The summed E-state index contributed by atoms with van der Waals surface area (Å²) in [6, 6.07) is 14.9. The van der Waals surface area contributed by atoms with E-state index in [0.29, 0.717) is 5.69 Å². The van der Waals surface area contributed by atoms with Gasteiger partial charge in [-0.2, -0.15) is 5.26 Å². The Morgan fingerprint density at radius 1 is 1.24 bits per heavy atom. The molecule has 2 rings (SSSR count). The Morgan fingerprint density at radius 2 is 1.90 bits per heavy atom. The second kappa shape index (κ2) is 6.15. The fourth-order valence-electron chi connectivity index (χ4n) is 2.63. The first-order valence-corrected chi connectivity index (χ1v) is 7.25. The lowest BCUT2D eigenvalue weighted by Gasteiger charge is -2.32. The Labute approximate surface area is 127 Å². The van der Waals surface area contributed by atoms with E-state index in [4.69, 9.17) is 5.26 Å². The van der Waals surface area contributed by atoms with Crippen LogP contribution in [0.15, 0.2) is 42.6 Å². The van der Waals surface area contributed by atoms with E-state index in [0.717, 1.165) is 12.1 Å². The van der Waals surface area contributed by atoms with Crippen molar-refractivity contribution in [1.82, 2.24) is 9.88 Å². The van der Waals surface area contributed by atoms with Gasteiger partial charge in [0.1, 0.15) is 11.8 Å². The molecule has 3 heteroatoms. The van der Waals surface area contributed by atoms with Crippen LogP contribution < -0.4 is 5.32 Å². The fourth-order valence-corrected chi connectivity index (χ4v) is 2.63. The molecule has 0 bridgehead atoms. The average molecular weight is 281 g/mol. The van der Waals surface area contributed by atoms with Gasteiger partial charge in [0.2, 0.25) is 0 Å². The van der Waals surface area contributed by atoms with Crippen LogP contribution >= 0.6 is 0 Å². The molecule has 2 aromatic rings. The molecule has 110 valence electrons. The van der Waals surface area contributed by atoms with Gasteiger partial charge in [-0.05, 0) is 22.6 Å². The van der Waals surface area contributed by atoms with E-state index in [2.05, 4.69) is 56.4 Å². The van der Waals surface area contributed by atoms with Crippen molar-refractivity contribution in [3.8, 4) is 6.07 Å². The smallest absolute Gasteiger partial charge is 0.120 e. The summed E-state index contributed by atoms with van der Waals surface area (Å²) in [6.45, 7) is 7.47. The summed E-state index contributed by atoms with van der Waals surface area (Å²) in [5.41, 5.74) is 3.24. The van der Waals surface area contributed by atoms with Gasteiger partial charge in [0.25, 0.3) is 0 Å². The molecule has 0 saturated heterocycles. The molecule has 1 unspecified atom stereocenters. The van der Waals surface area contributed by atoms with E-state index in [-0.39, 0.29) is 11.5 Å². The van der Waals surface area contributed by atoms with E-state index in [9.17, 15) is 0 Å². The molecule has 0 radical (unpaired) electrons. The zero-order chi connectivity index (χ0) is 15.5. The summed E-state index contributed by atoms with van der Waals surface area (Å²) >= 11 is 0. The van der Waals surface area contributed by atoms with E-state index in [1.165, 1.54) is 5.56 Å². The molecule has 0 fully saturated rings. The SMILES string of the molecule is Cn1cc(CNC(c2ccccc2)C(C)(C)C)cc1C#N. The third-order valence-electron chi connectivity index (χ3n) is 3.69. The molecule has 1 heterocycles. The Kier molecular flexibility index (Phi) is 4.50. The Balaban J connectivity index is 2.15. The van der Waals surface area contributed by atoms with Gasteiger partial charge in [0.05, 0.1) is 0 Å². The van der Waals surface area contributed by atoms with Gasteiger partial charge in [-0.1, -0.05) is 51.1 Å². The molecule has 0 aliphatic rings. The number of aryl methyl sites for hydroxylation is 1. The maximum Gasteiger partial charge on any atom is 0.120 e. The van der Waals surface area contributed by atoms with Crippen molar-refractivity contribution in [3.63, 3.8) is 0 Å². The normalized spacial score (nSPS) is 12.9. The van der Waals surface area contributed by atoms with Gasteiger partial charge >= 0.3 is 0 Å². The monoisotopic (exact) mass is 281 g/mol. The van der Waals surface area contributed by atoms with Crippen molar-refractivity contribution in [2.24, 2.45) is 12.5 Å². The molecule has 21 heavy (non-hydrogen) atoms. The molecule has 1 aromatic heterocycles. The molecule has 1 atom stereocenters. The summed E-state index contributed by atoms with van der Waals surface area (Å²) in [5.74, 6) is 0. The number of rotatable bonds is 4. The zero-order valence-corrected chi connectivity index (χ0v) is 13.2. The highest BCUT2D eigenvalue weighted by Crippen LogP contribution is 2.32. The highest BCUT2D eigenvalue weighted by atomic mass is 15.0. The van der Waals surface area contributed by atoms with Gasteiger partial charge in [0.15, 0.2) is 0 Å². The van der Waals surface area contributed by atoms with E-state index >= 15 is 0 Å². The lowest BCUT2D eigenvalue weighted by Crippen LogP contribution is -2.31. The summed E-state index contributed by atoms with van der Waals surface area (Å²) in [5, 5.41) is 12.7. The van der Waals surface area contributed by atoms with Crippen LogP contribution in [-0.2, 0) is 13.6 Å². The van der Waals surface area contributed by atoms with Crippen molar-refractivity contribution in [2.75, 3.05) is 0 Å². The quantitative estimate of drug-likeness (QED) is 0.926. The van der Waals surface area contributed by atoms with Crippen molar-refractivity contribution in [2.45, 2.75) is 33.4 Å². The molecule has 1 aromatic carbocycles. The van der Waals surface area contributed by atoms with Gasteiger partial charge in [0, 0.05) is 25.8 Å². The minimum atomic E-state index is 0.119. The van der Waals surface area contributed by atoms with E-state index in [1.54, 1.807) is 0 Å². The largest absolute Gasteiger partial charge is 0.342 e. The summed E-state index contributed by atoms with van der Waals surface area (Å²) < 4.78 is 1.87. The van der Waals surface area contributed by atoms with E-state index < -0.39 is 0 Å². The lowest BCUT2D eigenvalue weighted by molar-refractivity contribution is 0.271. The maximum atomic E-state index is 9.03. The molecule has 0 saturated carbocycles. The highest BCUT2D eigenvalue weighted by molar-refractivity contribution is 5.28. The molecular formula is C18H23N3. The summed E-state index contributed by atoms with van der Waals surface area (Å²) in [4.78, 5) is 0. The van der Waals surface area contributed by atoms with Crippen molar-refractivity contribution < 1.29 is 0 Å². The predicted octanol–water partition coefficient (Wildman–Crippen LogP) is 3.77. The number of nitrogens with zero attached hydrogens (tertiary/aromatic N) is 2. The number of benzene rings is 1. The van der Waals surface area contributed by atoms with Crippen LogP contribution in [0.2, 0.25) is 0 Å². The van der Waals surface area contributed by atoms with Gasteiger partial charge in [-0.3, -0.25) is 0 Å². The minimum absolute atomic E-state index is 0.119. The van der Waals surface area contributed by atoms with Gasteiger partial charge in [-0.25, -0.2) is 0 Å². The van der Waals surface area contributed by atoms with Crippen molar-refractivity contribution in [3.05, 3.63) is 59.4 Å². The molecular weight excluding hydrogens is 258 g/mol. The highest BCUT2D eigenvalue weighted by Gasteiger charge is 2.25. The standard InChI is InChI=1S/C18H23N3/c1-18(2,3)17(15-8-6-5-7-9-15)20-12-14-10-16(11-19)21(4)13-14/h5-10,13,17,20H,12H2,1-4H3. The first kappa shape index (κ1) is 15.3. The first-order valence-electron chi connectivity index (χ1n) is 7.25. The molecule has 3 nitrogen and oxygen atoms in total. The Hall–Kier alpha value is -2.05. The fraction of sp³-hybridized carbons (Fsp3) is 0.389. The first-order chi connectivity index (χ1) is 9.91. The van der Waals surface area contributed by atoms with E-state index in [1.807, 2.05) is 29.9 Å². The lowest BCUT2D eigenvalue weighted by atomic mass is 9.82. The molecule has 0 aliphatic carbocycles. The molecule has 0 aliphatic heterocycles. The van der Waals surface area contributed by atoms with Crippen LogP contribution in [0.5, 0.6) is 0 Å². The average Bonchev–Trinajstić information content (AvgIpc) is 2.79. The van der Waals surface area contributed by atoms with Crippen LogP contribution in [0.4, 0.5) is 0 Å². The maximum absolute atomic E-state index is 9.03. The van der Waals surface area contributed by atoms with Crippen LogP contribution in [0, 0.1) is 16.7 Å². The van der Waals surface area contributed by atoms with Gasteiger partial charge in [-0.15, -0.1) is 0 Å². The van der Waals surface area contributed by atoms with Gasteiger partial charge < -0.3 is 9.88 Å². The molecule has 0 amide bonds. The van der Waals surface area contributed by atoms with Crippen LogP contribution in [0.1, 0.15) is 43.6 Å². The number of hydrogen-bond acceptors (Lipinski definition) is 2. The van der Waals surface area contributed by atoms with Crippen molar-refractivity contribution >= 4 is 0 Å². The third kappa shape index (κ3) is 3.74. The second-order valence-corrected chi connectivity index (χ2v) is 6.55. The third-order valence-corrected chi connectivity index (χ3v) is 3.69. The number of nitrogens with one attached hydrogen (secondary N) is 1. The minimum Gasteiger partial charge on any atom is -0.342 e. The molecule has 1 N–H and O–H groups in total.